The molecule has 3 heterocycles. The van der Waals surface area contributed by atoms with Gasteiger partial charge in [0, 0.05) is 11.8 Å². The molecule has 106 valence electrons. The van der Waals surface area contributed by atoms with Crippen LogP contribution >= 0.6 is 0 Å². The van der Waals surface area contributed by atoms with Crippen LogP contribution in [0.1, 0.15) is 35.3 Å². The SMILES string of the molecule is N/C(=N/O)c1ccc(C(=O)NC2CC3CCC2O3)nc1. The quantitative estimate of drug-likeness (QED) is 0.317. The molecule has 2 aliphatic heterocycles. The number of rotatable bonds is 3. The zero-order valence-corrected chi connectivity index (χ0v) is 10.8. The lowest BCUT2D eigenvalue weighted by Gasteiger charge is -2.19. The van der Waals surface area contributed by atoms with Crippen molar-refractivity contribution >= 4 is 11.7 Å². The summed E-state index contributed by atoms with van der Waals surface area (Å²) in [7, 11) is 0. The fourth-order valence-electron chi connectivity index (χ4n) is 2.77. The smallest absolute Gasteiger partial charge is 0.270 e. The van der Waals surface area contributed by atoms with Crippen LogP contribution in [0.3, 0.4) is 0 Å². The molecular weight excluding hydrogens is 260 g/mol. The molecule has 2 saturated heterocycles. The van der Waals surface area contributed by atoms with Gasteiger partial charge >= 0.3 is 0 Å². The summed E-state index contributed by atoms with van der Waals surface area (Å²) in [5.41, 5.74) is 6.21. The summed E-state index contributed by atoms with van der Waals surface area (Å²) in [5, 5.41) is 14.4. The molecule has 0 saturated carbocycles. The maximum atomic E-state index is 12.1. The number of nitrogens with two attached hydrogens (primary N) is 1. The summed E-state index contributed by atoms with van der Waals surface area (Å²) in [4.78, 5) is 16.1. The fraction of sp³-hybridized carbons (Fsp3) is 0.462. The Bertz CT molecular complexity index is 543. The Kier molecular flexibility index (Phi) is 3.27. The van der Waals surface area contributed by atoms with Crippen LogP contribution in [0.2, 0.25) is 0 Å². The van der Waals surface area contributed by atoms with Crippen LogP contribution in [-0.4, -0.2) is 40.2 Å². The van der Waals surface area contributed by atoms with Crippen molar-refractivity contribution in [3.8, 4) is 0 Å². The molecule has 4 N–H and O–H groups in total. The first-order chi connectivity index (χ1) is 9.67. The Morgan fingerprint density at radius 3 is 2.90 bits per heavy atom. The third-order valence-electron chi connectivity index (χ3n) is 3.82. The Morgan fingerprint density at radius 1 is 1.50 bits per heavy atom. The molecule has 2 bridgehead atoms. The van der Waals surface area contributed by atoms with Crippen LogP contribution in [0.15, 0.2) is 23.5 Å². The molecule has 7 heteroatoms. The van der Waals surface area contributed by atoms with E-state index in [4.69, 9.17) is 15.7 Å². The molecule has 3 rings (SSSR count). The Hall–Kier alpha value is -2.15. The number of hydrogen-bond donors (Lipinski definition) is 3. The van der Waals surface area contributed by atoms with E-state index < -0.39 is 0 Å². The van der Waals surface area contributed by atoms with Crippen molar-refractivity contribution in [2.75, 3.05) is 0 Å². The van der Waals surface area contributed by atoms with E-state index in [9.17, 15) is 4.79 Å². The molecule has 2 fully saturated rings. The molecule has 0 spiro atoms. The van der Waals surface area contributed by atoms with Crippen molar-refractivity contribution in [2.45, 2.75) is 37.5 Å². The zero-order valence-electron chi connectivity index (χ0n) is 10.8. The summed E-state index contributed by atoms with van der Waals surface area (Å²) in [6.07, 6.45) is 4.80. The van der Waals surface area contributed by atoms with Crippen LogP contribution in [0.5, 0.6) is 0 Å². The number of ether oxygens (including phenoxy) is 1. The van der Waals surface area contributed by atoms with E-state index in [1.807, 2.05) is 0 Å². The third kappa shape index (κ3) is 2.32. The number of carbonyl (C=O) groups is 1. The van der Waals surface area contributed by atoms with Gasteiger partial charge in [0.15, 0.2) is 5.84 Å². The summed E-state index contributed by atoms with van der Waals surface area (Å²) >= 11 is 0. The van der Waals surface area contributed by atoms with Gasteiger partial charge in [0.2, 0.25) is 0 Å². The number of aromatic nitrogens is 1. The van der Waals surface area contributed by atoms with Crippen molar-refractivity contribution in [2.24, 2.45) is 10.9 Å². The van der Waals surface area contributed by atoms with Crippen LogP contribution in [-0.2, 0) is 4.74 Å². The Morgan fingerprint density at radius 2 is 2.35 bits per heavy atom. The fourth-order valence-corrected chi connectivity index (χ4v) is 2.77. The minimum Gasteiger partial charge on any atom is -0.409 e. The van der Waals surface area contributed by atoms with E-state index in [1.165, 1.54) is 6.20 Å². The highest BCUT2D eigenvalue weighted by Gasteiger charge is 2.41. The number of nitrogens with zero attached hydrogens (tertiary/aromatic N) is 2. The Balaban J connectivity index is 1.65. The van der Waals surface area contributed by atoms with Gasteiger partial charge in [-0.1, -0.05) is 5.16 Å². The highest BCUT2D eigenvalue weighted by molar-refractivity contribution is 5.98. The minimum absolute atomic E-state index is 0.0361. The van der Waals surface area contributed by atoms with E-state index in [0.717, 1.165) is 19.3 Å². The highest BCUT2D eigenvalue weighted by atomic mass is 16.5. The number of hydrogen-bond acceptors (Lipinski definition) is 5. The number of fused-ring (bicyclic) bond motifs is 2. The molecule has 0 aromatic carbocycles. The van der Waals surface area contributed by atoms with Crippen molar-refractivity contribution < 1.29 is 14.7 Å². The van der Waals surface area contributed by atoms with Crippen molar-refractivity contribution in [1.29, 1.82) is 0 Å². The van der Waals surface area contributed by atoms with Gasteiger partial charge in [-0.25, -0.2) is 0 Å². The van der Waals surface area contributed by atoms with E-state index in [0.29, 0.717) is 17.4 Å². The molecule has 1 aromatic heterocycles. The van der Waals surface area contributed by atoms with Crippen LogP contribution in [0.4, 0.5) is 0 Å². The minimum atomic E-state index is -0.225. The summed E-state index contributed by atoms with van der Waals surface area (Å²) in [6.45, 7) is 0. The summed E-state index contributed by atoms with van der Waals surface area (Å²) < 4.78 is 5.69. The van der Waals surface area contributed by atoms with Crippen LogP contribution in [0, 0.1) is 0 Å². The largest absolute Gasteiger partial charge is 0.409 e. The Labute approximate surface area is 115 Å². The number of amides is 1. The van der Waals surface area contributed by atoms with Gasteiger partial charge in [0.05, 0.1) is 18.2 Å². The lowest BCUT2D eigenvalue weighted by atomic mass is 9.95. The number of amidine groups is 1. The molecule has 0 aliphatic carbocycles. The molecule has 7 nitrogen and oxygen atoms in total. The molecule has 2 aliphatic rings. The highest BCUT2D eigenvalue weighted by Crippen LogP contribution is 2.34. The maximum Gasteiger partial charge on any atom is 0.270 e. The van der Waals surface area contributed by atoms with Crippen molar-refractivity contribution in [3.05, 3.63) is 29.6 Å². The number of nitrogens with one attached hydrogen (secondary N) is 1. The monoisotopic (exact) mass is 276 g/mol. The van der Waals surface area contributed by atoms with E-state index >= 15 is 0 Å². The topological polar surface area (TPSA) is 110 Å². The van der Waals surface area contributed by atoms with Gasteiger partial charge in [-0.2, -0.15) is 0 Å². The summed E-state index contributed by atoms with van der Waals surface area (Å²) in [5.74, 6) is -0.261. The van der Waals surface area contributed by atoms with E-state index in [2.05, 4.69) is 15.5 Å². The lowest BCUT2D eigenvalue weighted by Crippen LogP contribution is -2.41. The lowest BCUT2D eigenvalue weighted by molar-refractivity contribution is 0.0837. The predicted molar refractivity (Wildman–Crippen MR) is 70.5 cm³/mol. The second-order valence-electron chi connectivity index (χ2n) is 5.11. The van der Waals surface area contributed by atoms with Gasteiger partial charge < -0.3 is 21.0 Å². The first-order valence-corrected chi connectivity index (χ1v) is 6.57. The second-order valence-corrected chi connectivity index (χ2v) is 5.11. The molecule has 20 heavy (non-hydrogen) atoms. The average Bonchev–Trinajstić information content (AvgIpc) is 3.09. The van der Waals surface area contributed by atoms with Gasteiger partial charge in [0.25, 0.3) is 5.91 Å². The molecule has 0 radical (unpaired) electrons. The van der Waals surface area contributed by atoms with E-state index in [-0.39, 0.29) is 23.9 Å². The summed E-state index contributed by atoms with van der Waals surface area (Å²) in [6, 6.07) is 3.22. The number of pyridine rings is 1. The molecular formula is C13H16N4O3. The van der Waals surface area contributed by atoms with Crippen LogP contribution < -0.4 is 11.1 Å². The first kappa shape index (κ1) is 12.9. The second kappa shape index (κ2) is 5.09. The van der Waals surface area contributed by atoms with Crippen molar-refractivity contribution in [1.82, 2.24) is 10.3 Å². The molecule has 3 unspecified atom stereocenters. The maximum absolute atomic E-state index is 12.1. The zero-order chi connectivity index (χ0) is 14.1. The average molecular weight is 276 g/mol. The number of carbonyl (C=O) groups excluding carboxylic acids is 1. The number of oxime groups is 1. The molecule has 1 amide bonds. The molecule has 3 atom stereocenters. The van der Waals surface area contributed by atoms with Crippen molar-refractivity contribution in [3.63, 3.8) is 0 Å². The van der Waals surface area contributed by atoms with Gasteiger partial charge in [-0.05, 0) is 31.4 Å². The normalized spacial score (nSPS) is 28.6. The standard InChI is InChI=1S/C13H16N4O3/c14-12(17-19)7-1-3-9(15-6-7)13(18)16-10-5-8-2-4-11(10)20-8/h1,3,6,8,10-11,19H,2,4-5H2,(H2,14,17)(H,16,18). The third-order valence-corrected chi connectivity index (χ3v) is 3.82. The first-order valence-electron chi connectivity index (χ1n) is 6.57. The van der Waals surface area contributed by atoms with Crippen LogP contribution in [0.25, 0.3) is 0 Å². The van der Waals surface area contributed by atoms with E-state index in [1.54, 1.807) is 12.1 Å². The van der Waals surface area contributed by atoms with Gasteiger partial charge in [0.1, 0.15) is 5.69 Å². The molecule has 1 aromatic rings. The van der Waals surface area contributed by atoms with Gasteiger partial charge in [-0.3, -0.25) is 9.78 Å². The van der Waals surface area contributed by atoms with Gasteiger partial charge in [-0.15, -0.1) is 0 Å². The predicted octanol–water partition coefficient (Wildman–Crippen LogP) is 0.226.